The standard InChI is InChI=1S/C32H49N5O6S/c1-22(24-8-10-25(11-9-24)28-23(2)34-21-44-28)35-30(39)26-7-6-14-37(26)31(40)29(32(3,4)5)36-27(38)12-15-41-17-19-43-20-18-42-16-13-33/h8-11,21-22,26,29H,6-7,12-20,33H2,1-5H3,(H,35,39)(H,36,38)/t22-,26-,29?/m0/s1. The van der Waals surface area contributed by atoms with Crippen LogP contribution in [0.3, 0.4) is 0 Å². The maximum atomic E-state index is 13.8. The van der Waals surface area contributed by atoms with Gasteiger partial charge in [-0.15, -0.1) is 11.3 Å². The molecule has 3 rings (SSSR count). The van der Waals surface area contributed by atoms with Crippen molar-refractivity contribution in [2.45, 2.75) is 72.0 Å². The lowest BCUT2D eigenvalue weighted by atomic mass is 9.85. The maximum absolute atomic E-state index is 13.8. The Labute approximate surface area is 265 Å². The molecule has 244 valence electrons. The number of benzene rings is 1. The fourth-order valence-electron chi connectivity index (χ4n) is 5.04. The largest absolute Gasteiger partial charge is 0.379 e. The van der Waals surface area contributed by atoms with Crippen LogP contribution >= 0.6 is 11.3 Å². The number of carbonyl (C=O) groups excluding carboxylic acids is 3. The van der Waals surface area contributed by atoms with Gasteiger partial charge >= 0.3 is 0 Å². The second-order valence-corrected chi connectivity index (χ2v) is 12.9. The zero-order chi connectivity index (χ0) is 32.1. The number of carbonyl (C=O) groups is 3. The third-order valence-electron chi connectivity index (χ3n) is 7.51. The molecule has 2 aromatic rings. The van der Waals surface area contributed by atoms with Gasteiger partial charge in [-0.25, -0.2) is 4.98 Å². The molecule has 3 atom stereocenters. The summed E-state index contributed by atoms with van der Waals surface area (Å²) in [6, 6.07) is 6.51. The Balaban J connectivity index is 1.49. The fourth-order valence-corrected chi connectivity index (χ4v) is 5.85. The van der Waals surface area contributed by atoms with E-state index < -0.39 is 17.5 Å². The van der Waals surface area contributed by atoms with Gasteiger partial charge in [0.1, 0.15) is 12.1 Å². The van der Waals surface area contributed by atoms with Gasteiger partial charge in [-0.3, -0.25) is 14.4 Å². The molecule has 12 heteroatoms. The summed E-state index contributed by atoms with van der Waals surface area (Å²) in [7, 11) is 0. The molecule has 1 unspecified atom stereocenters. The van der Waals surface area contributed by atoms with Gasteiger partial charge < -0.3 is 35.5 Å². The van der Waals surface area contributed by atoms with Crippen molar-refractivity contribution in [1.29, 1.82) is 0 Å². The van der Waals surface area contributed by atoms with Crippen molar-refractivity contribution >= 4 is 29.1 Å². The average molecular weight is 632 g/mol. The van der Waals surface area contributed by atoms with E-state index in [2.05, 4.69) is 15.6 Å². The maximum Gasteiger partial charge on any atom is 0.246 e. The highest BCUT2D eigenvalue weighted by Gasteiger charge is 2.42. The van der Waals surface area contributed by atoms with Crippen molar-refractivity contribution in [1.82, 2.24) is 20.5 Å². The molecule has 2 heterocycles. The van der Waals surface area contributed by atoms with E-state index in [1.165, 1.54) is 0 Å². The summed E-state index contributed by atoms with van der Waals surface area (Å²) in [5, 5.41) is 6.01. The van der Waals surface area contributed by atoms with E-state index in [9.17, 15) is 14.4 Å². The molecule has 3 amide bonds. The van der Waals surface area contributed by atoms with Crippen molar-refractivity contribution in [2.24, 2.45) is 11.1 Å². The Bertz CT molecular complexity index is 1200. The molecule has 1 aromatic carbocycles. The lowest BCUT2D eigenvalue weighted by molar-refractivity contribution is -0.144. The van der Waals surface area contributed by atoms with Gasteiger partial charge in [0, 0.05) is 19.5 Å². The van der Waals surface area contributed by atoms with Gasteiger partial charge in [0.15, 0.2) is 0 Å². The minimum Gasteiger partial charge on any atom is -0.379 e. The van der Waals surface area contributed by atoms with Crippen LogP contribution in [0.15, 0.2) is 29.8 Å². The van der Waals surface area contributed by atoms with Gasteiger partial charge in [0.05, 0.1) is 61.8 Å². The van der Waals surface area contributed by atoms with E-state index in [4.69, 9.17) is 19.9 Å². The quantitative estimate of drug-likeness (QED) is 0.226. The smallest absolute Gasteiger partial charge is 0.246 e. The number of amides is 3. The third kappa shape index (κ3) is 10.6. The average Bonchev–Trinajstić information content (AvgIpc) is 3.65. The summed E-state index contributed by atoms with van der Waals surface area (Å²) in [6.07, 6.45) is 1.41. The van der Waals surface area contributed by atoms with Crippen LogP contribution in [-0.4, -0.2) is 92.4 Å². The number of aryl methyl sites for hydroxylation is 1. The Morgan fingerprint density at radius 1 is 1.02 bits per heavy atom. The normalized spacial score (nSPS) is 16.5. The summed E-state index contributed by atoms with van der Waals surface area (Å²) < 4.78 is 16.2. The lowest BCUT2D eigenvalue weighted by Crippen LogP contribution is -2.57. The summed E-state index contributed by atoms with van der Waals surface area (Å²) in [5.74, 6) is -0.710. The highest BCUT2D eigenvalue weighted by molar-refractivity contribution is 7.13. The van der Waals surface area contributed by atoms with Gasteiger partial charge in [0.25, 0.3) is 0 Å². The molecule has 4 N–H and O–H groups in total. The van der Waals surface area contributed by atoms with Gasteiger partial charge in [-0.2, -0.15) is 0 Å². The second kappa shape index (κ2) is 17.6. The molecule has 1 aliphatic rings. The van der Waals surface area contributed by atoms with Crippen molar-refractivity contribution in [2.75, 3.05) is 52.7 Å². The second-order valence-electron chi connectivity index (χ2n) is 12.1. The SMILES string of the molecule is Cc1ncsc1-c1ccc([C@H](C)NC(=O)[C@@H]2CCCN2C(=O)C(NC(=O)CCOCCOCCOCCN)C(C)(C)C)cc1. The zero-order valence-corrected chi connectivity index (χ0v) is 27.5. The molecule has 0 spiro atoms. The topological polar surface area (TPSA) is 145 Å². The molecule has 1 aliphatic heterocycles. The van der Waals surface area contributed by atoms with E-state index in [1.807, 2.05) is 64.4 Å². The minimum absolute atomic E-state index is 0.113. The number of hydrogen-bond acceptors (Lipinski definition) is 9. The third-order valence-corrected chi connectivity index (χ3v) is 8.49. The van der Waals surface area contributed by atoms with Crippen LogP contribution in [0.1, 0.15) is 64.3 Å². The van der Waals surface area contributed by atoms with Crippen LogP contribution in [-0.2, 0) is 28.6 Å². The monoisotopic (exact) mass is 631 g/mol. The molecular formula is C32H49N5O6S. The van der Waals surface area contributed by atoms with Crippen molar-refractivity contribution in [3.05, 3.63) is 41.0 Å². The Kier molecular flexibility index (Phi) is 14.2. The highest BCUT2D eigenvalue weighted by atomic mass is 32.1. The van der Waals surface area contributed by atoms with E-state index in [0.717, 1.165) is 28.1 Å². The number of nitrogens with one attached hydrogen (secondary N) is 2. The van der Waals surface area contributed by atoms with Crippen molar-refractivity contribution in [3.8, 4) is 10.4 Å². The molecule has 11 nitrogen and oxygen atoms in total. The van der Waals surface area contributed by atoms with Crippen LogP contribution in [0.2, 0.25) is 0 Å². The number of hydrogen-bond donors (Lipinski definition) is 3. The number of thiazole rings is 1. The minimum atomic E-state index is -0.777. The zero-order valence-electron chi connectivity index (χ0n) is 26.7. The first-order chi connectivity index (χ1) is 21.0. The molecule has 1 fully saturated rings. The van der Waals surface area contributed by atoms with E-state index >= 15 is 0 Å². The molecule has 0 bridgehead atoms. The van der Waals surface area contributed by atoms with Gasteiger partial charge in [-0.1, -0.05) is 45.0 Å². The molecular weight excluding hydrogens is 582 g/mol. The Morgan fingerprint density at radius 3 is 2.25 bits per heavy atom. The van der Waals surface area contributed by atoms with Crippen molar-refractivity contribution < 1.29 is 28.6 Å². The number of nitrogens with two attached hydrogens (primary N) is 1. The summed E-state index contributed by atoms with van der Waals surface area (Å²) >= 11 is 1.60. The number of rotatable bonds is 17. The number of aromatic nitrogens is 1. The first-order valence-corrected chi connectivity index (χ1v) is 16.2. The molecule has 0 saturated carbocycles. The molecule has 0 radical (unpaired) electrons. The first kappa shape index (κ1) is 35.6. The predicted molar refractivity (Wildman–Crippen MR) is 171 cm³/mol. The van der Waals surface area contributed by atoms with E-state index in [-0.39, 0.29) is 36.8 Å². The van der Waals surface area contributed by atoms with E-state index in [0.29, 0.717) is 52.5 Å². The predicted octanol–water partition coefficient (Wildman–Crippen LogP) is 3.22. The number of likely N-dealkylation sites (tertiary alicyclic amines) is 1. The molecule has 1 saturated heterocycles. The first-order valence-electron chi connectivity index (χ1n) is 15.4. The number of nitrogens with zero attached hydrogens (tertiary/aromatic N) is 2. The summed E-state index contributed by atoms with van der Waals surface area (Å²) in [6.45, 7) is 13.0. The van der Waals surface area contributed by atoms with Gasteiger partial charge in [0.2, 0.25) is 17.7 Å². The number of ether oxygens (including phenoxy) is 3. The summed E-state index contributed by atoms with van der Waals surface area (Å²) in [4.78, 5) is 47.1. The van der Waals surface area contributed by atoms with Crippen LogP contribution in [0, 0.1) is 12.3 Å². The fraction of sp³-hybridized carbons (Fsp3) is 0.625. The van der Waals surface area contributed by atoms with Crippen molar-refractivity contribution in [3.63, 3.8) is 0 Å². The molecule has 1 aromatic heterocycles. The van der Waals surface area contributed by atoms with E-state index in [1.54, 1.807) is 16.2 Å². The summed E-state index contributed by atoms with van der Waals surface area (Å²) in [5.41, 5.74) is 9.71. The Morgan fingerprint density at radius 2 is 1.66 bits per heavy atom. The molecule has 44 heavy (non-hydrogen) atoms. The highest BCUT2D eigenvalue weighted by Crippen LogP contribution is 2.29. The van der Waals surface area contributed by atoms with Crippen LogP contribution < -0.4 is 16.4 Å². The van der Waals surface area contributed by atoms with Crippen LogP contribution in [0.5, 0.6) is 0 Å². The molecule has 0 aliphatic carbocycles. The van der Waals surface area contributed by atoms with Crippen LogP contribution in [0.4, 0.5) is 0 Å². The Hall–Kier alpha value is -2.90. The lowest BCUT2D eigenvalue weighted by Gasteiger charge is -2.35. The van der Waals surface area contributed by atoms with Crippen LogP contribution in [0.25, 0.3) is 10.4 Å². The van der Waals surface area contributed by atoms with Gasteiger partial charge in [-0.05, 0) is 43.2 Å².